The minimum Gasteiger partial charge on any atom is -0.472 e. The van der Waals surface area contributed by atoms with E-state index in [1.54, 1.807) is 12.3 Å². The monoisotopic (exact) mass is 327 g/mol. The van der Waals surface area contributed by atoms with E-state index in [2.05, 4.69) is 16.5 Å². The molecule has 5 heteroatoms. The van der Waals surface area contributed by atoms with Gasteiger partial charge in [-0.1, -0.05) is 0 Å². The number of carbonyl (C=O) groups is 1. The van der Waals surface area contributed by atoms with Crippen LogP contribution in [0.3, 0.4) is 0 Å². The zero-order valence-electron chi connectivity index (χ0n) is 14.3. The van der Waals surface area contributed by atoms with Crippen molar-refractivity contribution in [3.05, 3.63) is 41.9 Å². The summed E-state index contributed by atoms with van der Waals surface area (Å²) in [6.45, 7) is 4.93. The number of hydrogen-bond acceptors (Lipinski definition) is 3. The average Bonchev–Trinajstić information content (AvgIpc) is 3.12. The smallest absolute Gasteiger partial charge is 0.257 e. The summed E-state index contributed by atoms with van der Waals surface area (Å²) in [4.78, 5) is 19.2. The lowest BCUT2D eigenvalue weighted by Crippen LogP contribution is -2.40. The van der Waals surface area contributed by atoms with E-state index in [-0.39, 0.29) is 5.91 Å². The molecule has 2 fully saturated rings. The van der Waals surface area contributed by atoms with Crippen molar-refractivity contribution in [1.82, 2.24) is 14.5 Å². The Morgan fingerprint density at radius 1 is 1.33 bits per heavy atom. The second kappa shape index (κ2) is 6.46. The zero-order chi connectivity index (χ0) is 16.5. The number of carbonyl (C=O) groups excluding carboxylic acids is 1. The highest BCUT2D eigenvalue weighted by molar-refractivity contribution is 5.93. The van der Waals surface area contributed by atoms with Crippen molar-refractivity contribution in [2.45, 2.75) is 45.6 Å². The van der Waals surface area contributed by atoms with Crippen molar-refractivity contribution in [1.29, 1.82) is 0 Å². The normalized spacial score (nSPS) is 21.2. The van der Waals surface area contributed by atoms with Gasteiger partial charge in [0.05, 0.1) is 11.8 Å². The summed E-state index contributed by atoms with van der Waals surface area (Å²) in [5.74, 6) is 2.63. The number of amides is 1. The van der Waals surface area contributed by atoms with Gasteiger partial charge in [-0.3, -0.25) is 4.79 Å². The molecule has 2 aromatic rings. The van der Waals surface area contributed by atoms with E-state index in [4.69, 9.17) is 4.42 Å². The fraction of sp³-hybridized carbons (Fsp3) is 0.579. The number of likely N-dealkylation sites (tertiary alicyclic amines) is 1. The molecule has 0 radical (unpaired) electrons. The fourth-order valence-corrected chi connectivity index (χ4v) is 3.72. The van der Waals surface area contributed by atoms with Gasteiger partial charge in [0.2, 0.25) is 0 Å². The lowest BCUT2D eigenvalue weighted by atomic mass is 9.94. The topological polar surface area (TPSA) is 51.3 Å². The second-order valence-corrected chi connectivity index (χ2v) is 7.35. The third-order valence-electron chi connectivity index (χ3n) is 5.32. The van der Waals surface area contributed by atoms with Gasteiger partial charge in [-0.05, 0) is 50.5 Å². The molecular weight excluding hydrogens is 302 g/mol. The van der Waals surface area contributed by atoms with Gasteiger partial charge in [0.1, 0.15) is 12.1 Å². The molecule has 1 aliphatic carbocycles. The molecule has 1 amide bonds. The summed E-state index contributed by atoms with van der Waals surface area (Å²) >= 11 is 0. The minimum atomic E-state index is 0.0888. The Balaban J connectivity index is 1.42. The molecule has 5 nitrogen and oxygen atoms in total. The van der Waals surface area contributed by atoms with Crippen LogP contribution in [0.1, 0.15) is 47.6 Å². The number of imidazole rings is 1. The number of rotatable bonds is 5. The van der Waals surface area contributed by atoms with E-state index in [0.29, 0.717) is 11.5 Å². The van der Waals surface area contributed by atoms with Crippen molar-refractivity contribution < 1.29 is 9.21 Å². The quantitative estimate of drug-likeness (QED) is 0.847. The lowest BCUT2D eigenvalue weighted by molar-refractivity contribution is 0.0671. The van der Waals surface area contributed by atoms with Gasteiger partial charge in [0.25, 0.3) is 5.91 Å². The maximum absolute atomic E-state index is 12.5. The molecule has 2 aromatic heterocycles. The number of nitrogens with zero attached hydrogens (tertiary/aromatic N) is 3. The van der Waals surface area contributed by atoms with Crippen molar-refractivity contribution in [2.75, 3.05) is 13.1 Å². The van der Waals surface area contributed by atoms with Crippen LogP contribution in [-0.2, 0) is 13.0 Å². The van der Waals surface area contributed by atoms with Crippen LogP contribution in [0.15, 0.2) is 29.2 Å². The van der Waals surface area contributed by atoms with Crippen LogP contribution in [0.25, 0.3) is 0 Å². The molecule has 1 saturated heterocycles. The Kier molecular flexibility index (Phi) is 4.17. The Bertz CT molecular complexity index is 700. The summed E-state index contributed by atoms with van der Waals surface area (Å²) in [5, 5.41) is 0. The van der Waals surface area contributed by atoms with Gasteiger partial charge in [0, 0.05) is 37.9 Å². The largest absolute Gasteiger partial charge is 0.472 e. The van der Waals surface area contributed by atoms with Gasteiger partial charge >= 0.3 is 0 Å². The molecule has 0 aromatic carbocycles. The van der Waals surface area contributed by atoms with Gasteiger partial charge < -0.3 is 13.9 Å². The van der Waals surface area contributed by atoms with Gasteiger partial charge in [-0.25, -0.2) is 4.98 Å². The van der Waals surface area contributed by atoms with E-state index in [0.717, 1.165) is 38.4 Å². The molecule has 1 atom stereocenters. The predicted molar refractivity (Wildman–Crippen MR) is 90.7 cm³/mol. The number of aromatic nitrogens is 2. The average molecular weight is 327 g/mol. The first kappa shape index (κ1) is 15.5. The van der Waals surface area contributed by atoms with Crippen LogP contribution in [-0.4, -0.2) is 33.4 Å². The van der Waals surface area contributed by atoms with E-state index in [1.165, 1.54) is 37.0 Å². The molecule has 1 saturated carbocycles. The van der Waals surface area contributed by atoms with Crippen molar-refractivity contribution in [2.24, 2.45) is 11.8 Å². The van der Waals surface area contributed by atoms with Crippen molar-refractivity contribution >= 4 is 5.91 Å². The van der Waals surface area contributed by atoms with E-state index >= 15 is 0 Å². The zero-order valence-corrected chi connectivity index (χ0v) is 14.3. The molecule has 3 heterocycles. The highest BCUT2D eigenvalue weighted by Gasteiger charge is 2.28. The SMILES string of the molecule is Cc1cnc(C[C@H]2CCCN(C(=O)c3ccoc3)C2)n1CC1CC1. The van der Waals surface area contributed by atoms with Crippen LogP contribution in [0.5, 0.6) is 0 Å². The molecule has 0 unspecified atom stereocenters. The first-order valence-electron chi connectivity index (χ1n) is 9.03. The molecule has 24 heavy (non-hydrogen) atoms. The molecule has 4 rings (SSSR count). The number of hydrogen-bond donors (Lipinski definition) is 0. The van der Waals surface area contributed by atoms with Crippen molar-refractivity contribution in [3.63, 3.8) is 0 Å². The number of furan rings is 1. The van der Waals surface area contributed by atoms with Crippen LogP contribution in [0.4, 0.5) is 0 Å². The lowest BCUT2D eigenvalue weighted by Gasteiger charge is -2.32. The van der Waals surface area contributed by atoms with E-state index in [1.807, 2.05) is 11.1 Å². The van der Waals surface area contributed by atoms with Gasteiger partial charge in [0.15, 0.2) is 0 Å². The summed E-state index contributed by atoms with van der Waals surface area (Å²) in [6, 6.07) is 1.75. The Labute approximate surface area is 142 Å². The van der Waals surface area contributed by atoms with Crippen LogP contribution in [0, 0.1) is 18.8 Å². The minimum absolute atomic E-state index is 0.0888. The first-order valence-corrected chi connectivity index (χ1v) is 9.03. The molecule has 1 aliphatic heterocycles. The maximum Gasteiger partial charge on any atom is 0.257 e. The third kappa shape index (κ3) is 3.25. The second-order valence-electron chi connectivity index (χ2n) is 7.35. The van der Waals surface area contributed by atoms with Crippen LogP contribution in [0.2, 0.25) is 0 Å². The Morgan fingerprint density at radius 3 is 2.96 bits per heavy atom. The molecular formula is C19H25N3O2. The van der Waals surface area contributed by atoms with E-state index < -0.39 is 0 Å². The van der Waals surface area contributed by atoms with Crippen molar-refractivity contribution in [3.8, 4) is 0 Å². The Hall–Kier alpha value is -2.04. The molecule has 128 valence electrons. The van der Waals surface area contributed by atoms with Gasteiger partial charge in [-0.15, -0.1) is 0 Å². The third-order valence-corrected chi connectivity index (χ3v) is 5.32. The highest BCUT2D eigenvalue weighted by Crippen LogP contribution is 2.32. The fourth-order valence-electron chi connectivity index (χ4n) is 3.72. The van der Waals surface area contributed by atoms with E-state index in [9.17, 15) is 4.79 Å². The Morgan fingerprint density at radius 2 is 2.21 bits per heavy atom. The number of aryl methyl sites for hydroxylation is 1. The standard InChI is InChI=1S/C19H25N3O2/c1-14-10-20-18(22(14)12-15-4-5-15)9-16-3-2-7-21(11-16)19(23)17-6-8-24-13-17/h6,8,10,13,15-16H,2-5,7,9,11-12H2,1H3/t16-/m1/s1. The number of piperidine rings is 1. The van der Waals surface area contributed by atoms with Crippen LogP contribution < -0.4 is 0 Å². The molecule has 2 aliphatic rings. The summed E-state index contributed by atoms with van der Waals surface area (Å²) < 4.78 is 7.45. The van der Waals surface area contributed by atoms with Gasteiger partial charge in [-0.2, -0.15) is 0 Å². The van der Waals surface area contributed by atoms with Crippen LogP contribution >= 0.6 is 0 Å². The molecule has 0 bridgehead atoms. The summed E-state index contributed by atoms with van der Waals surface area (Å²) in [7, 11) is 0. The first-order chi connectivity index (χ1) is 11.7. The summed E-state index contributed by atoms with van der Waals surface area (Å²) in [6.07, 6.45) is 11.0. The highest BCUT2D eigenvalue weighted by atomic mass is 16.3. The summed E-state index contributed by atoms with van der Waals surface area (Å²) in [5.41, 5.74) is 1.92. The molecule has 0 spiro atoms. The predicted octanol–water partition coefficient (Wildman–Crippen LogP) is 3.29. The molecule has 0 N–H and O–H groups in total. The maximum atomic E-state index is 12.5.